The average Bonchev–Trinajstić information content (AvgIpc) is 2.76. The number of amides is 1. The molecule has 6 nitrogen and oxygen atoms in total. The van der Waals surface area contributed by atoms with Crippen LogP contribution in [0.2, 0.25) is 0 Å². The first kappa shape index (κ1) is 23.4. The molecule has 0 bridgehead atoms. The van der Waals surface area contributed by atoms with E-state index in [1.807, 2.05) is 0 Å². The summed E-state index contributed by atoms with van der Waals surface area (Å²) in [5.41, 5.74) is 1.37. The Morgan fingerprint density at radius 2 is 1.62 bits per heavy atom. The second-order valence-corrected chi connectivity index (χ2v) is 9.27. The molecule has 0 aromatic heterocycles. The Kier molecular flexibility index (Phi) is 7.22. The second-order valence-electron chi connectivity index (χ2n) is 7.30. The van der Waals surface area contributed by atoms with E-state index in [2.05, 4.69) is 5.32 Å². The van der Waals surface area contributed by atoms with Crippen molar-refractivity contribution in [2.24, 2.45) is 0 Å². The van der Waals surface area contributed by atoms with Gasteiger partial charge in [0, 0.05) is 19.3 Å². The molecule has 0 spiro atoms. The van der Waals surface area contributed by atoms with Gasteiger partial charge in [-0.25, -0.2) is 17.2 Å². The van der Waals surface area contributed by atoms with Gasteiger partial charge in [0.1, 0.15) is 0 Å². The predicted molar refractivity (Wildman–Crippen MR) is 120 cm³/mol. The molecule has 0 atom stereocenters. The summed E-state index contributed by atoms with van der Waals surface area (Å²) in [7, 11) is -0.692. The van der Waals surface area contributed by atoms with Crippen LogP contribution in [0.5, 0.6) is 0 Å². The molecule has 3 rings (SSSR count). The fourth-order valence-corrected chi connectivity index (χ4v) is 4.36. The maximum atomic E-state index is 13.4. The first-order valence-corrected chi connectivity index (χ1v) is 11.2. The van der Waals surface area contributed by atoms with E-state index in [4.69, 9.17) is 0 Å². The molecule has 32 heavy (non-hydrogen) atoms. The number of likely N-dealkylation sites (N-methyl/N-ethyl adjacent to an activating group) is 1. The van der Waals surface area contributed by atoms with Crippen molar-refractivity contribution >= 4 is 27.3 Å². The van der Waals surface area contributed by atoms with Crippen LogP contribution in [0.25, 0.3) is 0 Å². The van der Waals surface area contributed by atoms with E-state index < -0.39 is 21.7 Å². The quantitative estimate of drug-likeness (QED) is 0.556. The van der Waals surface area contributed by atoms with E-state index in [0.29, 0.717) is 16.9 Å². The minimum absolute atomic E-state index is 0.0279. The van der Waals surface area contributed by atoms with E-state index >= 15 is 0 Å². The maximum absolute atomic E-state index is 13.4. The third kappa shape index (κ3) is 5.68. The van der Waals surface area contributed by atoms with Gasteiger partial charge < -0.3 is 5.32 Å². The molecular weight excluding hydrogens is 436 g/mol. The molecule has 0 aliphatic heterocycles. The highest BCUT2D eigenvalue weighted by Gasteiger charge is 2.21. The number of benzene rings is 3. The van der Waals surface area contributed by atoms with Gasteiger partial charge in [0.15, 0.2) is 11.6 Å². The lowest BCUT2D eigenvalue weighted by Gasteiger charge is -2.20. The van der Waals surface area contributed by atoms with Crippen LogP contribution < -0.4 is 9.62 Å². The lowest BCUT2D eigenvalue weighted by molar-refractivity contribution is -0.117. The molecule has 168 valence electrons. The Morgan fingerprint density at radius 1 is 0.906 bits per heavy atom. The van der Waals surface area contributed by atoms with Gasteiger partial charge in [0.2, 0.25) is 5.91 Å². The maximum Gasteiger partial charge on any atom is 0.264 e. The zero-order chi connectivity index (χ0) is 23.3. The number of anilines is 2. The number of para-hydroxylation sites is 1. The molecule has 0 aliphatic carbocycles. The first-order valence-electron chi connectivity index (χ1n) is 9.73. The minimum Gasteiger partial charge on any atom is -0.325 e. The Balaban J connectivity index is 1.66. The lowest BCUT2D eigenvalue weighted by Crippen LogP contribution is -2.30. The topological polar surface area (TPSA) is 69.7 Å². The van der Waals surface area contributed by atoms with Gasteiger partial charge in [-0.1, -0.05) is 30.3 Å². The second kappa shape index (κ2) is 9.88. The summed E-state index contributed by atoms with van der Waals surface area (Å²) in [4.78, 5) is 14.1. The number of nitrogens with one attached hydrogen (secondary N) is 1. The fourth-order valence-electron chi connectivity index (χ4n) is 3.12. The molecule has 0 radical (unpaired) electrons. The molecule has 3 aromatic carbocycles. The van der Waals surface area contributed by atoms with Crippen LogP contribution in [0.4, 0.5) is 20.2 Å². The van der Waals surface area contributed by atoms with Gasteiger partial charge in [-0.15, -0.1) is 0 Å². The van der Waals surface area contributed by atoms with Crippen LogP contribution in [0.1, 0.15) is 5.56 Å². The van der Waals surface area contributed by atoms with E-state index in [-0.39, 0.29) is 23.9 Å². The van der Waals surface area contributed by atoms with Gasteiger partial charge in [0.05, 0.1) is 17.1 Å². The van der Waals surface area contributed by atoms with Crippen molar-refractivity contribution < 1.29 is 22.0 Å². The highest BCUT2D eigenvalue weighted by molar-refractivity contribution is 7.92. The molecule has 0 saturated heterocycles. The summed E-state index contributed by atoms with van der Waals surface area (Å²) in [6.07, 6.45) is 0. The van der Waals surface area contributed by atoms with Gasteiger partial charge in [-0.3, -0.25) is 14.0 Å². The highest BCUT2D eigenvalue weighted by atomic mass is 32.2. The minimum atomic E-state index is -3.82. The SMILES string of the molecule is CN(CC(=O)Nc1cccc(S(=O)(=O)N(C)c2ccccc2)c1)Cc1ccc(F)c(F)c1. The normalized spacial score (nSPS) is 11.4. The Morgan fingerprint density at radius 3 is 2.31 bits per heavy atom. The van der Waals surface area contributed by atoms with Crippen molar-refractivity contribution in [3.05, 3.63) is 90.0 Å². The zero-order valence-corrected chi connectivity index (χ0v) is 18.4. The largest absolute Gasteiger partial charge is 0.325 e. The molecule has 1 N–H and O–H groups in total. The first-order chi connectivity index (χ1) is 15.2. The predicted octanol–water partition coefficient (Wildman–Crippen LogP) is 3.86. The zero-order valence-electron chi connectivity index (χ0n) is 17.6. The molecule has 0 saturated carbocycles. The van der Waals surface area contributed by atoms with Crippen LogP contribution in [0.3, 0.4) is 0 Å². The molecule has 0 fully saturated rings. The number of nitrogens with zero attached hydrogens (tertiary/aromatic N) is 2. The van der Waals surface area contributed by atoms with Crippen LogP contribution in [0.15, 0.2) is 77.7 Å². The van der Waals surface area contributed by atoms with Crippen LogP contribution in [0, 0.1) is 11.6 Å². The van der Waals surface area contributed by atoms with Crippen LogP contribution in [-0.2, 0) is 21.4 Å². The van der Waals surface area contributed by atoms with Gasteiger partial charge >= 0.3 is 0 Å². The van der Waals surface area contributed by atoms with Crippen LogP contribution >= 0.6 is 0 Å². The third-order valence-corrected chi connectivity index (χ3v) is 6.53. The third-order valence-electron chi connectivity index (χ3n) is 4.75. The smallest absolute Gasteiger partial charge is 0.264 e. The molecule has 1 amide bonds. The number of carbonyl (C=O) groups excluding carboxylic acids is 1. The van der Waals surface area contributed by atoms with Crippen molar-refractivity contribution in [3.8, 4) is 0 Å². The summed E-state index contributed by atoms with van der Waals surface area (Å²) in [5, 5.41) is 2.67. The summed E-state index contributed by atoms with van der Waals surface area (Å²) in [6.45, 7) is 0.209. The Bertz CT molecular complexity index is 1200. The number of sulfonamides is 1. The summed E-state index contributed by atoms with van der Waals surface area (Å²) in [5.74, 6) is -2.25. The van der Waals surface area contributed by atoms with E-state index in [0.717, 1.165) is 12.1 Å². The van der Waals surface area contributed by atoms with Crippen molar-refractivity contribution in [3.63, 3.8) is 0 Å². The summed E-state index contributed by atoms with van der Waals surface area (Å²) in [6, 6.07) is 18.2. The fraction of sp³-hybridized carbons (Fsp3) is 0.174. The lowest BCUT2D eigenvalue weighted by atomic mass is 10.2. The van der Waals surface area contributed by atoms with Crippen molar-refractivity contribution in [2.45, 2.75) is 11.4 Å². The number of halogens is 2. The molecule has 9 heteroatoms. The summed E-state index contributed by atoms with van der Waals surface area (Å²) >= 11 is 0. The number of hydrogen-bond donors (Lipinski definition) is 1. The van der Waals surface area contributed by atoms with Gasteiger partial charge in [-0.05, 0) is 55.1 Å². The number of hydrogen-bond acceptors (Lipinski definition) is 4. The molecular formula is C23H23F2N3O3S. The van der Waals surface area contributed by atoms with Gasteiger partial charge in [0.25, 0.3) is 10.0 Å². The number of rotatable bonds is 8. The van der Waals surface area contributed by atoms with Crippen LogP contribution in [-0.4, -0.2) is 39.9 Å². The summed E-state index contributed by atoms with van der Waals surface area (Å²) < 4.78 is 53.5. The molecule has 0 aliphatic rings. The van der Waals surface area contributed by atoms with E-state index in [9.17, 15) is 22.0 Å². The molecule has 3 aromatic rings. The monoisotopic (exact) mass is 459 g/mol. The Hall–Kier alpha value is -3.30. The van der Waals surface area contributed by atoms with E-state index in [1.54, 1.807) is 54.4 Å². The highest BCUT2D eigenvalue weighted by Crippen LogP contribution is 2.23. The van der Waals surface area contributed by atoms with Gasteiger partial charge in [-0.2, -0.15) is 0 Å². The molecule has 0 unspecified atom stereocenters. The average molecular weight is 460 g/mol. The van der Waals surface area contributed by atoms with Crippen molar-refractivity contribution in [1.29, 1.82) is 0 Å². The van der Waals surface area contributed by atoms with Crippen molar-refractivity contribution in [2.75, 3.05) is 30.3 Å². The van der Waals surface area contributed by atoms with Crippen molar-refractivity contribution in [1.82, 2.24) is 4.90 Å². The number of carbonyl (C=O) groups is 1. The van der Waals surface area contributed by atoms with E-state index in [1.165, 1.54) is 29.6 Å². The molecule has 0 heterocycles. The standard InChI is InChI=1S/C23H23F2N3O3S/c1-27(15-17-11-12-21(24)22(25)13-17)16-23(29)26-18-7-6-10-20(14-18)32(30,31)28(2)19-8-4-3-5-9-19/h3-14H,15-16H2,1-2H3,(H,26,29). The Labute approximate surface area is 186 Å².